The largest absolute Gasteiger partial charge is 0.468 e. The second-order valence-electron chi connectivity index (χ2n) is 5.55. The molecule has 1 heterocycles. The molecular formula is C16H21N3O4S. The van der Waals surface area contributed by atoms with Gasteiger partial charge in [0.1, 0.15) is 5.76 Å². The maximum absolute atomic E-state index is 12.4. The Bertz CT molecular complexity index is 768. The summed E-state index contributed by atoms with van der Waals surface area (Å²) in [5.41, 5.74) is 0.545. The second kappa shape index (κ2) is 7.61. The molecule has 1 unspecified atom stereocenters. The van der Waals surface area contributed by atoms with E-state index in [1.54, 1.807) is 30.5 Å². The molecule has 0 aliphatic heterocycles. The molecule has 2 N–H and O–H groups in total. The summed E-state index contributed by atoms with van der Waals surface area (Å²) in [4.78, 5) is 13.0. The van der Waals surface area contributed by atoms with Gasteiger partial charge in [-0.15, -0.1) is 0 Å². The highest BCUT2D eigenvalue weighted by Crippen LogP contribution is 2.19. The molecule has 1 aromatic carbocycles. The van der Waals surface area contributed by atoms with Crippen LogP contribution in [0.25, 0.3) is 0 Å². The number of amides is 1. The standard InChI is InChI=1S/C16H21N3O4S/c1-12(20)18-13-6-8-14(9-7-13)24(21,22)17-11-15(19(2)3)16-5-4-10-23-16/h4-10,15,17H,11H2,1-3H3,(H,18,20). The van der Waals surface area contributed by atoms with Gasteiger partial charge in [-0.05, 0) is 50.5 Å². The smallest absolute Gasteiger partial charge is 0.240 e. The fourth-order valence-electron chi connectivity index (χ4n) is 2.21. The van der Waals surface area contributed by atoms with Crippen molar-refractivity contribution in [2.75, 3.05) is 26.0 Å². The highest BCUT2D eigenvalue weighted by molar-refractivity contribution is 7.89. The summed E-state index contributed by atoms with van der Waals surface area (Å²) in [6.45, 7) is 1.57. The van der Waals surface area contributed by atoms with Crippen molar-refractivity contribution >= 4 is 21.6 Å². The lowest BCUT2D eigenvalue weighted by Crippen LogP contribution is -2.34. The predicted molar refractivity (Wildman–Crippen MR) is 91.1 cm³/mol. The Balaban J connectivity index is 2.08. The molecule has 2 rings (SSSR count). The van der Waals surface area contributed by atoms with E-state index in [1.807, 2.05) is 19.0 Å². The molecule has 1 amide bonds. The van der Waals surface area contributed by atoms with Crippen molar-refractivity contribution < 1.29 is 17.6 Å². The minimum absolute atomic E-state index is 0.133. The molecule has 7 nitrogen and oxygen atoms in total. The highest BCUT2D eigenvalue weighted by Gasteiger charge is 2.21. The average molecular weight is 351 g/mol. The van der Waals surface area contributed by atoms with Crippen LogP contribution in [-0.2, 0) is 14.8 Å². The number of hydrogen-bond acceptors (Lipinski definition) is 5. The van der Waals surface area contributed by atoms with Crippen molar-refractivity contribution in [3.8, 4) is 0 Å². The van der Waals surface area contributed by atoms with Crippen LogP contribution in [0.2, 0.25) is 0 Å². The van der Waals surface area contributed by atoms with Gasteiger partial charge in [0.25, 0.3) is 0 Å². The zero-order chi connectivity index (χ0) is 17.7. The second-order valence-corrected chi connectivity index (χ2v) is 7.32. The maximum atomic E-state index is 12.4. The van der Waals surface area contributed by atoms with Crippen LogP contribution in [-0.4, -0.2) is 39.9 Å². The fourth-order valence-corrected chi connectivity index (χ4v) is 3.25. The Morgan fingerprint density at radius 1 is 1.21 bits per heavy atom. The van der Waals surface area contributed by atoms with Crippen molar-refractivity contribution in [2.24, 2.45) is 0 Å². The predicted octanol–water partition coefficient (Wildman–Crippen LogP) is 1.82. The zero-order valence-corrected chi connectivity index (χ0v) is 14.6. The SMILES string of the molecule is CC(=O)Nc1ccc(S(=O)(=O)NCC(c2ccco2)N(C)C)cc1. The van der Waals surface area contributed by atoms with E-state index < -0.39 is 10.0 Å². The van der Waals surface area contributed by atoms with Crippen LogP contribution in [0.1, 0.15) is 18.7 Å². The van der Waals surface area contributed by atoms with Gasteiger partial charge in [0, 0.05) is 19.2 Å². The molecule has 0 aliphatic carbocycles. The van der Waals surface area contributed by atoms with Crippen LogP contribution in [0.15, 0.2) is 52.0 Å². The van der Waals surface area contributed by atoms with E-state index in [9.17, 15) is 13.2 Å². The molecule has 8 heteroatoms. The summed E-state index contributed by atoms with van der Waals surface area (Å²) in [5.74, 6) is 0.472. The van der Waals surface area contributed by atoms with Gasteiger partial charge in [0.2, 0.25) is 15.9 Å². The number of carbonyl (C=O) groups excluding carboxylic acids is 1. The van der Waals surface area contributed by atoms with Crippen LogP contribution in [0, 0.1) is 0 Å². The van der Waals surface area contributed by atoms with E-state index in [-0.39, 0.29) is 23.4 Å². The van der Waals surface area contributed by atoms with Crippen molar-refractivity contribution in [3.05, 3.63) is 48.4 Å². The molecule has 0 fully saturated rings. The molecule has 130 valence electrons. The van der Waals surface area contributed by atoms with Crippen LogP contribution < -0.4 is 10.0 Å². The van der Waals surface area contributed by atoms with Crippen molar-refractivity contribution in [2.45, 2.75) is 17.9 Å². The minimum atomic E-state index is -3.66. The number of nitrogens with zero attached hydrogens (tertiary/aromatic N) is 1. The lowest BCUT2D eigenvalue weighted by atomic mass is 10.2. The van der Waals surface area contributed by atoms with Crippen LogP contribution in [0.5, 0.6) is 0 Å². The van der Waals surface area contributed by atoms with E-state index >= 15 is 0 Å². The molecule has 2 aromatic rings. The Morgan fingerprint density at radius 2 is 1.88 bits per heavy atom. The van der Waals surface area contributed by atoms with Crippen LogP contribution in [0.3, 0.4) is 0 Å². The number of carbonyl (C=O) groups is 1. The Hall–Kier alpha value is -2.16. The molecule has 24 heavy (non-hydrogen) atoms. The third-order valence-corrected chi connectivity index (χ3v) is 4.89. The number of rotatable bonds is 7. The summed E-state index contributed by atoms with van der Waals surface area (Å²) >= 11 is 0. The molecule has 0 radical (unpaired) electrons. The number of benzene rings is 1. The molecule has 0 aliphatic rings. The normalized spacial score (nSPS) is 13.0. The summed E-state index contributed by atoms with van der Waals surface area (Å²) in [7, 11) is 0.0456. The van der Waals surface area contributed by atoms with E-state index in [0.717, 1.165) is 0 Å². The van der Waals surface area contributed by atoms with Crippen molar-refractivity contribution in [3.63, 3.8) is 0 Å². The number of anilines is 1. The van der Waals surface area contributed by atoms with Gasteiger partial charge in [-0.25, -0.2) is 13.1 Å². The summed E-state index contributed by atoms with van der Waals surface area (Å²) in [6.07, 6.45) is 1.56. The molecule has 1 aromatic heterocycles. The lowest BCUT2D eigenvalue weighted by molar-refractivity contribution is -0.114. The first kappa shape index (κ1) is 18.2. The first-order valence-electron chi connectivity index (χ1n) is 7.37. The number of sulfonamides is 1. The van der Waals surface area contributed by atoms with Crippen molar-refractivity contribution in [1.82, 2.24) is 9.62 Å². The Labute approximate surface area is 141 Å². The highest BCUT2D eigenvalue weighted by atomic mass is 32.2. The molecule has 0 saturated carbocycles. The number of furan rings is 1. The molecule has 0 spiro atoms. The summed E-state index contributed by atoms with van der Waals surface area (Å²) in [5, 5.41) is 2.59. The minimum Gasteiger partial charge on any atom is -0.468 e. The monoisotopic (exact) mass is 351 g/mol. The average Bonchev–Trinajstić information content (AvgIpc) is 3.01. The Morgan fingerprint density at radius 3 is 2.38 bits per heavy atom. The third-order valence-electron chi connectivity index (χ3n) is 3.45. The number of likely N-dealkylation sites (N-methyl/N-ethyl adjacent to an activating group) is 1. The van der Waals surface area contributed by atoms with Gasteiger partial charge >= 0.3 is 0 Å². The first-order valence-corrected chi connectivity index (χ1v) is 8.85. The quantitative estimate of drug-likeness (QED) is 0.794. The zero-order valence-electron chi connectivity index (χ0n) is 13.8. The van der Waals surface area contributed by atoms with Gasteiger partial charge in [-0.1, -0.05) is 0 Å². The van der Waals surface area contributed by atoms with Gasteiger partial charge < -0.3 is 9.73 Å². The van der Waals surface area contributed by atoms with Crippen LogP contribution >= 0.6 is 0 Å². The van der Waals surface area contributed by atoms with E-state index in [0.29, 0.717) is 11.4 Å². The number of nitrogens with one attached hydrogen (secondary N) is 2. The maximum Gasteiger partial charge on any atom is 0.240 e. The van der Waals surface area contributed by atoms with Gasteiger partial charge in [-0.3, -0.25) is 9.69 Å². The molecule has 0 bridgehead atoms. The summed E-state index contributed by atoms with van der Waals surface area (Å²) in [6, 6.07) is 9.35. The van der Waals surface area contributed by atoms with E-state index in [4.69, 9.17) is 4.42 Å². The van der Waals surface area contributed by atoms with Crippen molar-refractivity contribution in [1.29, 1.82) is 0 Å². The van der Waals surface area contributed by atoms with Crippen LogP contribution in [0.4, 0.5) is 5.69 Å². The lowest BCUT2D eigenvalue weighted by Gasteiger charge is -2.22. The molecule has 0 saturated heterocycles. The van der Waals surface area contributed by atoms with E-state index in [2.05, 4.69) is 10.0 Å². The third kappa shape index (κ3) is 4.67. The molecule has 1 atom stereocenters. The van der Waals surface area contributed by atoms with E-state index in [1.165, 1.54) is 19.1 Å². The fraction of sp³-hybridized carbons (Fsp3) is 0.312. The summed E-state index contributed by atoms with van der Waals surface area (Å²) < 4.78 is 32.8. The van der Waals surface area contributed by atoms with Gasteiger partial charge in [0.05, 0.1) is 17.2 Å². The van der Waals surface area contributed by atoms with Gasteiger partial charge in [-0.2, -0.15) is 0 Å². The molecular weight excluding hydrogens is 330 g/mol. The first-order chi connectivity index (χ1) is 11.3. The number of hydrogen-bond donors (Lipinski definition) is 2. The Kier molecular flexibility index (Phi) is 5.76. The van der Waals surface area contributed by atoms with Gasteiger partial charge in [0.15, 0.2) is 0 Å². The topological polar surface area (TPSA) is 91.6 Å².